The predicted octanol–water partition coefficient (Wildman–Crippen LogP) is 3.69. The molecule has 0 bridgehead atoms. The average molecular weight is 273 g/mol. The molecule has 2 rings (SSSR count). The summed E-state index contributed by atoms with van der Waals surface area (Å²) >= 11 is 0. The highest BCUT2D eigenvalue weighted by Gasteiger charge is 2.05. The van der Waals surface area contributed by atoms with E-state index in [1.54, 1.807) is 0 Å². The number of anilines is 1. The number of aromatic nitrogens is 2. The molecule has 1 aromatic carbocycles. The van der Waals surface area contributed by atoms with Gasteiger partial charge in [-0.3, -0.25) is 4.68 Å². The van der Waals surface area contributed by atoms with Gasteiger partial charge in [0.1, 0.15) is 5.75 Å². The summed E-state index contributed by atoms with van der Waals surface area (Å²) in [6.07, 6.45) is 3.95. The Labute approximate surface area is 120 Å². The SMILES string of the molecule is CCCOc1ccccc1NCc1ccnn1CCC. The Balaban J connectivity index is 2.01. The Bertz CT molecular complexity index is 522. The Morgan fingerprint density at radius 3 is 2.80 bits per heavy atom. The van der Waals surface area contributed by atoms with Crippen molar-refractivity contribution >= 4 is 5.69 Å². The molecule has 0 radical (unpaired) electrons. The molecule has 1 aromatic heterocycles. The predicted molar refractivity (Wildman–Crippen MR) is 82.1 cm³/mol. The summed E-state index contributed by atoms with van der Waals surface area (Å²) in [7, 11) is 0. The Morgan fingerprint density at radius 1 is 1.15 bits per heavy atom. The number of ether oxygens (including phenoxy) is 1. The van der Waals surface area contributed by atoms with E-state index in [1.807, 2.05) is 35.1 Å². The van der Waals surface area contributed by atoms with Crippen molar-refractivity contribution in [3.8, 4) is 5.75 Å². The molecule has 0 spiro atoms. The zero-order valence-electron chi connectivity index (χ0n) is 12.3. The fourth-order valence-electron chi connectivity index (χ4n) is 2.06. The van der Waals surface area contributed by atoms with Crippen LogP contribution in [0.15, 0.2) is 36.5 Å². The number of aryl methyl sites for hydroxylation is 1. The largest absolute Gasteiger partial charge is 0.491 e. The number of hydrogen-bond donors (Lipinski definition) is 1. The van der Waals surface area contributed by atoms with Gasteiger partial charge < -0.3 is 10.1 Å². The van der Waals surface area contributed by atoms with E-state index in [0.29, 0.717) is 0 Å². The molecule has 1 heterocycles. The number of para-hydroxylation sites is 2. The maximum Gasteiger partial charge on any atom is 0.142 e. The summed E-state index contributed by atoms with van der Waals surface area (Å²) in [5, 5.41) is 7.77. The molecule has 0 fully saturated rings. The molecule has 2 aromatic rings. The molecular formula is C16H23N3O. The Morgan fingerprint density at radius 2 is 2.00 bits per heavy atom. The van der Waals surface area contributed by atoms with Crippen LogP contribution in [0.1, 0.15) is 32.4 Å². The summed E-state index contributed by atoms with van der Waals surface area (Å²) in [5.41, 5.74) is 2.22. The maximum atomic E-state index is 5.75. The summed E-state index contributed by atoms with van der Waals surface area (Å²) in [4.78, 5) is 0. The fourth-order valence-corrected chi connectivity index (χ4v) is 2.06. The van der Waals surface area contributed by atoms with Gasteiger partial charge in [-0.05, 0) is 31.0 Å². The van der Waals surface area contributed by atoms with E-state index in [1.165, 1.54) is 5.69 Å². The molecule has 0 saturated heterocycles. The van der Waals surface area contributed by atoms with Crippen molar-refractivity contribution in [1.29, 1.82) is 0 Å². The maximum absolute atomic E-state index is 5.75. The number of hydrogen-bond acceptors (Lipinski definition) is 3. The van der Waals surface area contributed by atoms with E-state index in [-0.39, 0.29) is 0 Å². The first-order chi connectivity index (χ1) is 9.85. The van der Waals surface area contributed by atoms with Gasteiger partial charge in [0, 0.05) is 12.7 Å². The second-order valence-corrected chi connectivity index (χ2v) is 4.74. The van der Waals surface area contributed by atoms with Crippen LogP contribution in [0.4, 0.5) is 5.69 Å². The fraction of sp³-hybridized carbons (Fsp3) is 0.438. The highest BCUT2D eigenvalue weighted by Crippen LogP contribution is 2.24. The van der Waals surface area contributed by atoms with Gasteiger partial charge >= 0.3 is 0 Å². The summed E-state index contributed by atoms with van der Waals surface area (Å²) < 4.78 is 7.79. The topological polar surface area (TPSA) is 39.1 Å². The zero-order valence-corrected chi connectivity index (χ0v) is 12.3. The van der Waals surface area contributed by atoms with Gasteiger partial charge in [-0.1, -0.05) is 26.0 Å². The molecule has 1 N–H and O–H groups in total. The highest BCUT2D eigenvalue weighted by molar-refractivity contribution is 5.56. The lowest BCUT2D eigenvalue weighted by atomic mass is 10.3. The Kier molecular flexibility index (Phi) is 5.47. The molecule has 108 valence electrons. The molecule has 0 aliphatic rings. The third-order valence-electron chi connectivity index (χ3n) is 3.05. The lowest BCUT2D eigenvalue weighted by molar-refractivity contribution is 0.319. The van der Waals surface area contributed by atoms with Crippen LogP contribution in [0.5, 0.6) is 5.75 Å². The van der Waals surface area contributed by atoms with Crippen molar-refractivity contribution in [2.75, 3.05) is 11.9 Å². The van der Waals surface area contributed by atoms with E-state index in [2.05, 4.69) is 30.3 Å². The van der Waals surface area contributed by atoms with Gasteiger partial charge in [-0.2, -0.15) is 5.10 Å². The van der Waals surface area contributed by atoms with Crippen LogP contribution >= 0.6 is 0 Å². The van der Waals surface area contributed by atoms with E-state index in [4.69, 9.17) is 4.74 Å². The zero-order chi connectivity index (χ0) is 14.2. The van der Waals surface area contributed by atoms with Crippen molar-refractivity contribution in [3.63, 3.8) is 0 Å². The van der Waals surface area contributed by atoms with E-state index in [0.717, 1.165) is 44.0 Å². The minimum Gasteiger partial charge on any atom is -0.491 e. The average Bonchev–Trinajstić information content (AvgIpc) is 2.91. The van der Waals surface area contributed by atoms with Gasteiger partial charge in [-0.25, -0.2) is 0 Å². The van der Waals surface area contributed by atoms with E-state index < -0.39 is 0 Å². The smallest absolute Gasteiger partial charge is 0.142 e. The summed E-state index contributed by atoms with van der Waals surface area (Å²) in [6.45, 7) is 6.73. The van der Waals surface area contributed by atoms with Crippen LogP contribution < -0.4 is 10.1 Å². The van der Waals surface area contributed by atoms with Gasteiger partial charge in [0.15, 0.2) is 0 Å². The van der Waals surface area contributed by atoms with Crippen LogP contribution in [0, 0.1) is 0 Å². The summed E-state index contributed by atoms with van der Waals surface area (Å²) in [5.74, 6) is 0.913. The van der Waals surface area contributed by atoms with Crippen molar-refractivity contribution in [3.05, 3.63) is 42.2 Å². The standard InChI is InChI=1S/C16H23N3O/c1-3-11-19-14(9-10-18-19)13-17-15-7-5-6-8-16(15)20-12-4-2/h5-10,17H,3-4,11-13H2,1-2H3. The minimum atomic E-state index is 0.743. The minimum absolute atomic E-state index is 0.743. The monoisotopic (exact) mass is 273 g/mol. The third kappa shape index (κ3) is 3.76. The van der Waals surface area contributed by atoms with Gasteiger partial charge in [0.05, 0.1) is 24.5 Å². The van der Waals surface area contributed by atoms with Crippen LogP contribution in [-0.2, 0) is 13.1 Å². The number of nitrogens with zero attached hydrogens (tertiary/aromatic N) is 2. The van der Waals surface area contributed by atoms with Crippen LogP contribution in [-0.4, -0.2) is 16.4 Å². The summed E-state index contributed by atoms with van der Waals surface area (Å²) in [6, 6.07) is 10.1. The third-order valence-corrected chi connectivity index (χ3v) is 3.05. The lowest BCUT2D eigenvalue weighted by Crippen LogP contribution is -2.09. The number of nitrogens with one attached hydrogen (secondary N) is 1. The van der Waals surface area contributed by atoms with Gasteiger partial charge in [0.2, 0.25) is 0 Å². The second kappa shape index (κ2) is 7.58. The molecule has 0 aliphatic carbocycles. The molecule has 0 saturated carbocycles. The number of rotatable bonds is 8. The van der Waals surface area contributed by atoms with Gasteiger partial charge in [-0.15, -0.1) is 0 Å². The first-order valence-corrected chi connectivity index (χ1v) is 7.31. The number of benzene rings is 1. The second-order valence-electron chi connectivity index (χ2n) is 4.74. The molecule has 0 unspecified atom stereocenters. The van der Waals surface area contributed by atoms with Crippen LogP contribution in [0.25, 0.3) is 0 Å². The normalized spacial score (nSPS) is 10.5. The van der Waals surface area contributed by atoms with Crippen molar-refractivity contribution in [2.24, 2.45) is 0 Å². The van der Waals surface area contributed by atoms with Crippen LogP contribution in [0.3, 0.4) is 0 Å². The molecule has 4 nitrogen and oxygen atoms in total. The first kappa shape index (κ1) is 14.4. The molecular weight excluding hydrogens is 250 g/mol. The van der Waals surface area contributed by atoms with Crippen LogP contribution in [0.2, 0.25) is 0 Å². The molecule has 0 aliphatic heterocycles. The first-order valence-electron chi connectivity index (χ1n) is 7.31. The van der Waals surface area contributed by atoms with Crippen molar-refractivity contribution in [2.45, 2.75) is 39.8 Å². The van der Waals surface area contributed by atoms with Crippen molar-refractivity contribution in [1.82, 2.24) is 9.78 Å². The van der Waals surface area contributed by atoms with E-state index >= 15 is 0 Å². The molecule has 4 heteroatoms. The molecule has 0 amide bonds. The lowest BCUT2D eigenvalue weighted by Gasteiger charge is -2.13. The highest BCUT2D eigenvalue weighted by atomic mass is 16.5. The Hall–Kier alpha value is -1.97. The van der Waals surface area contributed by atoms with Crippen molar-refractivity contribution < 1.29 is 4.74 Å². The quantitative estimate of drug-likeness (QED) is 0.797. The molecule has 0 atom stereocenters. The molecule has 20 heavy (non-hydrogen) atoms. The van der Waals surface area contributed by atoms with Gasteiger partial charge in [0.25, 0.3) is 0 Å². The van der Waals surface area contributed by atoms with E-state index in [9.17, 15) is 0 Å².